The molecule has 0 amide bonds. The molecule has 0 aromatic carbocycles. The Labute approximate surface area is 89.5 Å². The van der Waals surface area contributed by atoms with E-state index in [2.05, 4.69) is 27.7 Å². The summed E-state index contributed by atoms with van der Waals surface area (Å²) in [5.41, 5.74) is 6.62. The van der Waals surface area contributed by atoms with Gasteiger partial charge in [-0.05, 0) is 30.1 Å². The van der Waals surface area contributed by atoms with Crippen molar-refractivity contribution in [1.82, 2.24) is 0 Å². The fraction of sp³-hybridized carbons (Fsp3) is 1.00. The van der Waals surface area contributed by atoms with E-state index in [4.69, 9.17) is 5.73 Å². The Balaban J connectivity index is 2.51. The molecule has 1 saturated carbocycles. The van der Waals surface area contributed by atoms with Crippen LogP contribution in [0.2, 0.25) is 0 Å². The van der Waals surface area contributed by atoms with Crippen LogP contribution in [-0.2, 0) is 0 Å². The molecule has 14 heavy (non-hydrogen) atoms. The highest BCUT2D eigenvalue weighted by atomic mass is 14.7. The molecule has 0 spiro atoms. The monoisotopic (exact) mass is 197 g/mol. The average molecular weight is 197 g/mol. The second-order valence-corrected chi connectivity index (χ2v) is 6.09. The quantitative estimate of drug-likeness (QED) is 0.719. The molecule has 1 rings (SSSR count). The fourth-order valence-electron chi connectivity index (χ4n) is 2.74. The Morgan fingerprint density at radius 1 is 1.29 bits per heavy atom. The van der Waals surface area contributed by atoms with Crippen LogP contribution in [0.1, 0.15) is 59.8 Å². The Hall–Kier alpha value is -0.0400. The molecule has 2 N–H and O–H groups in total. The van der Waals surface area contributed by atoms with Crippen LogP contribution in [0.15, 0.2) is 0 Å². The van der Waals surface area contributed by atoms with E-state index >= 15 is 0 Å². The van der Waals surface area contributed by atoms with Crippen molar-refractivity contribution in [3.05, 3.63) is 0 Å². The van der Waals surface area contributed by atoms with Crippen molar-refractivity contribution in [2.45, 2.75) is 65.8 Å². The van der Waals surface area contributed by atoms with Crippen LogP contribution in [0, 0.1) is 17.3 Å². The molecular weight excluding hydrogens is 170 g/mol. The highest BCUT2D eigenvalue weighted by molar-refractivity contribution is 4.87. The van der Waals surface area contributed by atoms with Crippen LogP contribution in [0.5, 0.6) is 0 Å². The maximum Gasteiger partial charge on any atom is 0.0116 e. The molecule has 0 heterocycles. The van der Waals surface area contributed by atoms with Gasteiger partial charge in [-0.25, -0.2) is 0 Å². The van der Waals surface area contributed by atoms with Crippen molar-refractivity contribution in [2.75, 3.05) is 0 Å². The molecule has 0 saturated heterocycles. The van der Waals surface area contributed by atoms with E-state index in [1.165, 1.54) is 32.1 Å². The molecule has 1 fully saturated rings. The van der Waals surface area contributed by atoms with E-state index in [0.717, 1.165) is 11.8 Å². The van der Waals surface area contributed by atoms with Gasteiger partial charge in [0.2, 0.25) is 0 Å². The van der Waals surface area contributed by atoms with Gasteiger partial charge in [-0.2, -0.15) is 0 Å². The van der Waals surface area contributed by atoms with Gasteiger partial charge in [0.25, 0.3) is 0 Å². The topological polar surface area (TPSA) is 26.0 Å². The second kappa shape index (κ2) is 4.65. The summed E-state index contributed by atoms with van der Waals surface area (Å²) in [5, 5.41) is 0. The summed E-state index contributed by atoms with van der Waals surface area (Å²) in [6, 6.07) is 0.386. The zero-order valence-electron chi connectivity index (χ0n) is 10.3. The van der Waals surface area contributed by atoms with Crippen molar-refractivity contribution >= 4 is 0 Å². The van der Waals surface area contributed by atoms with Crippen molar-refractivity contribution in [2.24, 2.45) is 23.0 Å². The predicted molar refractivity (Wildman–Crippen MR) is 63.2 cm³/mol. The molecule has 1 nitrogen and oxygen atoms in total. The normalized spacial score (nSPS) is 31.5. The summed E-state index contributed by atoms with van der Waals surface area (Å²) in [6.07, 6.45) is 6.90. The van der Waals surface area contributed by atoms with Gasteiger partial charge in [0, 0.05) is 6.04 Å². The molecule has 3 unspecified atom stereocenters. The summed E-state index contributed by atoms with van der Waals surface area (Å²) in [6.45, 7) is 9.13. The minimum atomic E-state index is 0.278. The van der Waals surface area contributed by atoms with Crippen LogP contribution >= 0.6 is 0 Å². The zero-order valence-corrected chi connectivity index (χ0v) is 10.3. The Morgan fingerprint density at radius 3 is 2.43 bits per heavy atom. The Bertz CT molecular complexity index is 169. The van der Waals surface area contributed by atoms with Crippen LogP contribution in [0.3, 0.4) is 0 Å². The largest absolute Gasteiger partial charge is 0.327 e. The molecule has 0 aromatic heterocycles. The summed E-state index contributed by atoms with van der Waals surface area (Å²) in [7, 11) is 0. The van der Waals surface area contributed by atoms with Gasteiger partial charge in [0.15, 0.2) is 0 Å². The van der Waals surface area contributed by atoms with Crippen molar-refractivity contribution in [3.8, 4) is 0 Å². The number of hydrogen-bond acceptors (Lipinski definition) is 1. The van der Waals surface area contributed by atoms with Gasteiger partial charge in [-0.15, -0.1) is 0 Å². The van der Waals surface area contributed by atoms with E-state index in [0.29, 0.717) is 6.04 Å². The Kier molecular flexibility index (Phi) is 4.00. The van der Waals surface area contributed by atoms with E-state index in [1.807, 2.05) is 0 Å². The van der Waals surface area contributed by atoms with Gasteiger partial charge < -0.3 is 5.73 Å². The van der Waals surface area contributed by atoms with Gasteiger partial charge in [0.05, 0.1) is 0 Å². The minimum absolute atomic E-state index is 0.278. The number of nitrogens with two attached hydrogens (primary N) is 1. The first-order chi connectivity index (χ1) is 6.45. The highest BCUT2D eigenvalue weighted by Gasteiger charge is 2.32. The molecule has 0 bridgehead atoms. The Morgan fingerprint density at radius 2 is 1.93 bits per heavy atom. The van der Waals surface area contributed by atoms with Crippen LogP contribution in [0.4, 0.5) is 0 Å². The summed E-state index contributed by atoms with van der Waals surface area (Å²) < 4.78 is 0. The van der Waals surface area contributed by atoms with E-state index < -0.39 is 0 Å². The molecule has 0 aromatic rings. The standard InChI is InChI=1S/C13H27N/c1-5-10-7-6-8-11(9-10)12(14)13(2,3)4/h10-12H,5-9,14H2,1-4H3. The highest BCUT2D eigenvalue weighted by Crippen LogP contribution is 2.37. The summed E-state index contributed by atoms with van der Waals surface area (Å²) in [5.74, 6) is 1.72. The minimum Gasteiger partial charge on any atom is -0.327 e. The first kappa shape index (κ1) is 12.0. The third-order valence-electron chi connectivity index (χ3n) is 3.91. The summed E-state index contributed by atoms with van der Waals surface area (Å²) in [4.78, 5) is 0. The van der Waals surface area contributed by atoms with Gasteiger partial charge in [0.1, 0.15) is 0 Å². The summed E-state index contributed by atoms with van der Waals surface area (Å²) >= 11 is 0. The maximum atomic E-state index is 6.34. The first-order valence-electron chi connectivity index (χ1n) is 6.20. The van der Waals surface area contributed by atoms with Crippen molar-refractivity contribution < 1.29 is 0 Å². The molecule has 3 atom stereocenters. The van der Waals surface area contributed by atoms with Crippen LogP contribution in [-0.4, -0.2) is 6.04 Å². The first-order valence-corrected chi connectivity index (χ1v) is 6.20. The molecule has 0 radical (unpaired) electrons. The van der Waals surface area contributed by atoms with Gasteiger partial charge >= 0.3 is 0 Å². The zero-order chi connectivity index (χ0) is 10.8. The van der Waals surface area contributed by atoms with Gasteiger partial charge in [-0.1, -0.05) is 47.0 Å². The molecule has 84 valence electrons. The van der Waals surface area contributed by atoms with E-state index in [1.54, 1.807) is 0 Å². The number of rotatable bonds is 2. The predicted octanol–water partition coefficient (Wildman–Crippen LogP) is 3.58. The fourth-order valence-corrected chi connectivity index (χ4v) is 2.74. The SMILES string of the molecule is CCC1CCCC(C(N)C(C)(C)C)C1. The average Bonchev–Trinajstić information content (AvgIpc) is 2.15. The smallest absolute Gasteiger partial charge is 0.0116 e. The van der Waals surface area contributed by atoms with E-state index in [-0.39, 0.29) is 5.41 Å². The lowest BCUT2D eigenvalue weighted by Crippen LogP contribution is -2.43. The van der Waals surface area contributed by atoms with E-state index in [9.17, 15) is 0 Å². The van der Waals surface area contributed by atoms with Crippen LogP contribution < -0.4 is 5.73 Å². The molecule has 1 aliphatic rings. The molecule has 0 aliphatic heterocycles. The molecule has 1 aliphatic carbocycles. The van der Waals surface area contributed by atoms with Crippen molar-refractivity contribution in [3.63, 3.8) is 0 Å². The lowest BCUT2D eigenvalue weighted by atomic mass is 9.70. The second-order valence-electron chi connectivity index (χ2n) is 6.09. The third kappa shape index (κ3) is 2.98. The van der Waals surface area contributed by atoms with Crippen molar-refractivity contribution in [1.29, 1.82) is 0 Å². The lowest BCUT2D eigenvalue weighted by molar-refractivity contribution is 0.159. The lowest BCUT2D eigenvalue weighted by Gasteiger charge is -2.38. The number of hydrogen-bond donors (Lipinski definition) is 1. The maximum absolute atomic E-state index is 6.34. The third-order valence-corrected chi connectivity index (χ3v) is 3.91. The molecular formula is C13H27N. The van der Waals surface area contributed by atoms with Crippen LogP contribution in [0.25, 0.3) is 0 Å². The van der Waals surface area contributed by atoms with Gasteiger partial charge in [-0.3, -0.25) is 0 Å². The molecule has 1 heteroatoms.